The largest absolute Gasteiger partial charge is 0.380 e. The fourth-order valence-electron chi connectivity index (χ4n) is 3.84. The Morgan fingerprint density at radius 2 is 1.77 bits per heavy atom. The molecule has 3 aromatic carbocycles. The number of para-hydroxylation sites is 1. The molecule has 0 fully saturated rings. The monoisotopic (exact) mass is 434 g/mol. The summed E-state index contributed by atoms with van der Waals surface area (Å²) in [4.78, 5) is 16.2. The Morgan fingerprint density at radius 1 is 1.07 bits per heavy atom. The van der Waals surface area contributed by atoms with Crippen molar-refractivity contribution in [2.45, 2.75) is 25.8 Å². The molecule has 3 nitrogen and oxygen atoms in total. The number of nitrogens with one attached hydrogen (secondary N) is 2. The van der Waals surface area contributed by atoms with E-state index in [-0.39, 0.29) is 11.0 Å². The third-order valence-corrected chi connectivity index (χ3v) is 5.93. The zero-order valence-corrected chi connectivity index (χ0v) is 19.0. The van der Waals surface area contributed by atoms with Gasteiger partial charge < -0.3 is 10.3 Å². The smallest absolute Gasteiger partial charge is 0.197 e. The standard InChI is InChI=1S/C25H24ClN2OP/c1-15(28-25(2,3)14-16-8-10-17(30)11-9-16)19-13-23-20(12-21(19)26)24(29)18-6-4-5-7-22(18)27-23/h4-13,28H,1,14,30H2,2-3H3,(H,27,29). The molecule has 1 atom stereocenters. The van der Waals surface area contributed by atoms with Gasteiger partial charge in [0.15, 0.2) is 5.43 Å². The molecule has 0 saturated heterocycles. The number of hydrogen-bond acceptors (Lipinski definition) is 2. The van der Waals surface area contributed by atoms with Crippen molar-refractivity contribution < 1.29 is 0 Å². The van der Waals surface area contributed by atoms with Gasteiger partial charge in [-0.05, 0) is 55.4 Å². The van der Waals surface area contributed by atoms with Crippen molar-refractivity contribution in [1.29, 1.82) is 0 Å². The summed E-state index contributed by atoms with van der Waals surface area (Å²) < 4.78 is 0. The molecule has 2 N–H and O–H groups in total. The minimum Gasteiger partial charge on any atom is -0.380 e. The van der Waals surface area contributed by atoms with Gasteiger partial charge in [-0.15, -0.1) is 9.24 Å². The van der Waals surface area contributed by atoms with Crippen LogP contribution in [0, 0.1) is 0 Å². The van der Waals surface area contributed by atoms with Crippen LogP contribution in [0.25, 0.3) is 27.5 Å². The second-order valence-corrected chi connectivity index (χ2v) is 9.36. The Balaban J connectivity index is 1.67. The Hall–Kier alpha value is -2.61. The minimum absolute atomic E-state index is 0.0239. The number of halogens is 1. The summed E-state index contributed by atoms with van der Waals surface area (Å²) in [5, 5.41) is 6.42. The molecule has 1 unspecified atom stereocenters. The first-order chi connectivity index (χ1) is 14.2. The molecule has 0 spiro atoms. The van der Waals surface area contributed by atoms with Gasteiger partial charge in [0.05, 0.1) is 10.5 Å². The van der Waals surface area contributed by atoms with E-state index in [4.69, 9.17) is 11.6 Å². The lowest BCUT2D eigenvalue weighted by molar-refractivity contribution is 0.450. The number of rotatable bonds is 5. The third-order valence-electron chi connectivity index (χ3n) is 5.23. The molecular formula is C25H24ClN2OP. The van der Waals surface area contributed by atoms with Crippen molar-refractivity contribution in [2.75, 3.05) is 0 Å². The van der Waals surface area contributed by atoms with E-state index in [9.17, 15) is 4.79 Å². The van der Waals surface area contributed by atoms with Crippen molar-refractivity contribution >= 4 is 53.6 Å². The topological polar surface area (TPSA) is 44.9 Å². The zero-order chi connectivity index (χ0) is 21.5. The Labute approximate surface area is 183 Å². The molecule has 4 aromatic rings. The molecule has 1 heterocycles. The molecule has 0 aliphatic heterocycles. The van der Waals surface area contributed by atoms with E-state index in [0.29, 0.717) is 15.8 Å². The quantitative estimate of drug-likeness (QED) is 0.325. The predicted molar refractivity (Wildman–Crippen MR) is 133 cm³/mol. The average molecular weight is 435 g/mol. The molecule has 0 radical (unpaired) electrons. The van der Waals surface area contributed by atoms with E-state index in [0.717, 1.165) is 28.7 Å². The lowest BCUT2D eigenvalue weighted by Gasteiger charge is -2.29. The highest BCUT2D eigenvalue weighted by molar-refractivity contribution is 7.27. The Morgan fingerprint density at radius 3 is 2.50 bits per heavy atom. The van der Waals surface area contributed by atoms with Crippen molar-refractivity contribution in [3.05, 3.63) is 93.6 Å². The predicted octanol–water partition coefficient (Wildman–Crippen LogP) is 5.42. The van der Waals surface area contributed by atoms with E-state index in [1.165, 1.54) is 10.9 Å². The van der Waals surface area contributed by atoms with Crippen molar-refractivity contribution in [2.24, 2.45) is 0 Å². The van der Waals surface area contributed by atoms with Crippen LogP contribution >= 0.6 is 20.8 Å². The molecule has 0 aliphatic rings. The van der Waals surface area contributed by atoms with E-state index in [2.05, 4.69) is 64.2 Å². The summed E-state index contributed by atoms with van der Waals surface area (Å²) >= 11 is 6.57. The number of aromatic amines is 1. The first-order valence-corrected chi connectivity index (χ1v) is 10.8. The molecule has 0 bridgehead atoms. The molecule has 0 amide bonds. The third kappa shape index (κ3) is 4.14. The number of H-pyrrole nitrogens is 1. The van der Waals surface area contributed by atoms with Crippen LogP contribution in [0.5, 0.6) is 0 Å². The summed E-state index contributed by atoms with van der Waals surface area (Å²) in [7, 11) is 2.70. The van der Waals surface area contributed by atoms with Gasteiger partial charge in [-0.1, -0.05) is 54.6 Å². The van der Waals surface area contributed by atoms with Crippen LogP contribution in [-0.4, -0.2) is 10.5 Å². The lowest BCUT2D eigenvalue weighted by atomic mass is 9.94. The van der Waals surface area contributed by atoms with E-state index in [1.807, 2.05) is 30.3 Å². The number of fused-ring (bicyclic) bond motifs is 2. The molecule has 5 heteroatoms. The molecule has 1 aromatic heterocycles. The zero-order valence-electron chi connectivity index (χ0n) is 17.1. The maximum absolute atomic E-state index is 12.9. The number of pyridine rings is 1. The van der Waals surface area contributed by atoms with Gasteiger partial charge in [-0.25, -0.2) is 0 Å². The van der Waals surface area contributed by atoms with Gasteiger partial charge in [0.2, 0.25) is 0 Å². The van der Waals surface area contributed by atoms with Crippen LogP contribution < -0.4 is 16.1 Å². The summed E-state index contributed by atoms with van der Waals surface area (Å²) in [6, 6.07) is 19.6. The summed E-state index contributed by atoms with van der Waals surface area (Å²) in [6.07, 6.45) is 0.837. The van der Waals surface area contributed by atoms with Crippen LogP contribution in [0.3, 0.4) is 0 Å². The Kier molecular flexibility index (Phi) is 5.44. The van der Waals surface area contributed by atoms with Gasteiger partial charge in [-0.3, -0.25) is 4.79 Å². The molecular weight excluding hydrogens is 411 g/mol. The molecule has 152 valence electrons. The van der Waals surface area contributed by atoms with Crippen LogP contribution in [0.4, 0.5) is 0 Å². The van der Waals surface area contributed by atoms with E-state index < -0.39 is 0 Å². The maximum Gasteiger partial charge on any atom is 0.197 e. The normalized spacial score (nSPS) is 11.7. The Bertz CT molecular complexity index is 1320. The fraction of sp³-hybridized carbons (Fsp3) is 0.160. The molecule has 0 saturated carbocycles. The van der Waals surface area contributed by atoms with Gasteiger partial charge in [-0.2, -0.15) is 0 Å². The van der Waals surface area contributed by atoms with Crippen molar-refractivity contribution in [3.63, 3.8) is 0 Å². The van der Waals surface area contributed by atoms with Crippen LogP contribution in [0.2, 0.25) is 5.02 Å². The molecule has 0 aliphatic carbocycles. The molecule has 4 rings (SSSR count). The van der Waals surface area contributed by atoms with Crippen molar-refractivity contribution in [3.8, 4) is 0 Å². The first kappa shape index (κ1) is 20.7. The highest BCUT2D eigenvalue weighted by Crippen LogP contribution is 2.28. The van der Waals surface area contributed by atoms with Gasteiger partial charge in [0.25, 0.3) is 0 Å². The van der Waals surface area contributed by atoms with Crippen LogP contribution in [0.1, 0.15) is 25.0 Å². The van der Waals surface area contributed by atoms with Gasteiger partial charge >= 0.3 is 0 Å². The average Bonchev–Trinajstić information content (AvgIpc) is 2.69. The number of benzene rings is 3. The lowest BCUT2D eigenvalue weighted by Crippen LogP contribution is -2.39. The number of aromatic nitrogens is 1. The van der Waals surface area contributed by atoms with Gasteiger partial charge in [0, 0.05) is 33.1 Å². The summed E-state index contributed by atoms with van der Waals surface area (Å²) in [5.41, 5.74) is 4.05. The number of hydrogen-bond donors (Lipinski definition) is 2. The second kappa shape index (κ2) is 7.91. The second-order valence-electron chi connectivity index (χ2n) is 8.28. The highest BCUT2D eigenvalue weighted by Gasteiger charge is 2.21. The fourth-order valence-corrected chi connectivity index (χ4v) is 4.31. The van der Waals surface area contributed by atoms with Crippen LogP contribution in [-0.2, 0) is 6.42 Å². The first-order valence-electron chi connectivity index (χ1n) is 9.80. The SMILES string of the molecule is C=C(NC(C)(C)Cc1ccc(P)cc1)c1cc2[nH]c3ccccc3c(=O)c2cc1Cl. The summed E-state index contributed by atoms with van der Waals surface area (Å²) in [5.74, 6) is 0. The van der Waals surface area contributed by atoms with Crippen LogP contribution in [0.15, 0.2) is 72.0 Å². The minimum atomic E-state index is -0.228. The molecule has 30 heavy (non-hydrogen) atoms. The summed E-state index contributed by atoms with van der Waals surface area (Å²) in [6.45, 7) is 8.50. The van der Waals surface area contributed by atoms with E-state index >= 15 is 0 Å². The van der Waals surface area contributed by atoms with Crippen molar-refractivity contribution in [1.82, 2.24) is 10.3 Å². The van der Waals surface area contributed by atoms with Gasteiger partial charge in [0.1, 0.15) is 0 Å². The maximum atomic E-state index is 12.9. The highest BCUT2D eigenvalue weighted by atomic mass is 35.5. The van der Waals surface area contributed by atoms with E-state index in [1.54, 1.807) is 6.07 Å².